The fraction of sp³-hybridized carbons (Fsp3) is 0.333. The Morgan fingerprint density at radius 3 is 2.58 bits per heavy atom. The number of rotatable bonds is 6. The maximum atomic E-state index is 12.8. The lowest BCUT2D eigenvalue weighted by molar-refractivity contribution is -0.312. The summed E-state index contributed by atoms with van der Waals surface area (Å²) in [6, 6.07) is 13.6. The lowest BCUT2D eigenvalue weighted by Gasteiger charge is -2.32. The third-order valence-corrected chi connectivity index (χ3v) is 6.98. The Hall–Kier alpha value is -2.84. The number of thioether (sulfide) groups is 1. The lowest BCUT2D eigenvalue weighted by Crippen LogP contribution is -2.44. The molecule has 1 aliphatic rings. The molecule has 0 bridgehead atoms. The molecule has 172 valence electrons. The Morgan fingerprint density at radius 1 is 1.12 bits per heavy atom. The van der Waals surface area contributed by atoms with Crippen LogP contribution in [0, 0.1) is 19.8 Å². The maximum Gasteiger partial charge on any atom is 0.233 e. The van der Waals surface area contributed by atoms with Crippen molar-refractivity contribution in [2.75, 3.05) is 18.8 Å². The first-order valence-electron chi connectivity index (χ1n) is 10.7. The zero-order valence-electron chi connectivity index (χ0n) is 18.5. The summed E-state index contributed by atoms with van der Waals surface area (Å²) >= 11 is 7.54. The average molecular weight is 484 g/mol. The molecule has 0 unspecified atom stereocenters. The lowest BCUT2D eigenvalue weighted by atomic mass is 9.97. The third-order valence-electron chi connectivity index (χ3n) is 5.83. The van der Waals surface area contributed by atoms with Crippen molar-refractivity contribution in [1.82, 2.24) is 19.7 Å². The summed E-state index contributed by atoms with van der Waals surface area (Å²) < 4.78 is 1.97. The van der Waals surface area contributed by atoms with E-state index in [0.29, 0.717) is 41.9 Å². The Kier molecular flexibility index (Phi) is 7.05. The van der Waals surface area contributed by atoms with Crippen LogP contribution in [0.1, 0.15) is 24.0 Å². The van der Waals surface area contributed by atoms with Crippen LogP contribution in [0.25, 0.3) is 17.1 Å². The Morgan fingerprint density at radius 2 is 1.88 bits per heavy atom. The van der Waals surface area contributed by atoms with Crippen LogP contribution in [0.5, 0.6) is 0 Å². The molecule has 9 heteroatoms. The van der Waals surface area contributed by atoms with Gasteiger partial charge >= 0.3 is 0 Å². The standard InChI is InChI=1S/C24H25ClN4O3S/c1-15-6-7-16(2)20(12-15)29-22(18-4-3-5-19(25)13-18)26-27-24(29)33-14-21(30)28-10-8-17(9-11-28)23(31)32/h3-7,12-13,17H,8-11,14H2,1-2H3,(H,31,32)/p-1. The monoisotopic (exact) mass is 483 g/mol. The van der Waals surface area contributed by atoms with Gasteiger partial charge in [0.05, 0.1) is 11.4 Å². The summed E-state index contributed by atoms with van der Waals surface area (Å²) in [6.07, 6.45) is 0.854. The number of likely N-dealkylation sites (tertiary alicyclic amines) is 1. The highest BCUT2D eigenvalue weighted by Gasteiger charge is 2.25. The number of carboxylic acid groups (broad SMARTS) is 1. The number of aliphatic carboxylic acids is 1. The largest absolute Gasteiger partial charge is 0.550 e. The molecule has 0 saturated carbocycles. The van der Waals surface area contributed by atoms with Crippen molar-refractivity contribution >= 4 is 35.2 Å². The smallest absolute Gasteiger partial charge is 0.233 e. The second kappa shape index (κ2) is 9.97. The molecular formula is C24H24ClN4O3S-. The average Bonchev–Trinajstić information content (AvgIpc) is 3.23. The van der Waals surface area contributed by atoms with Gasteiger partial charge in [-0.3, -0.25) is 9.36 Å². The number of carboxylic acids is 1. The number of amides is 1. The zero-order valence-corrected chi connectivity index (χ0v) is 20.0. The summed E-state index contributed by atoms with van der Waals surface area (Å²) in [6.45, 7) is 4.90. The highest BCUT2D eigenvalue weighted by molar-refractivity contribution is 7.99. The van der Waals surface area contributed by atoms with Gasteiger partial charge in [0.15, 0.2) is 11.0 Å². The second-order valence-corrected chi connectivity index (χ2v) is 9.58. The van der Waals surface area contributed by atoms with Crippen LogP contribution in [0.15, 0.2) is 47.6 Å². The summed E-state index contributed by atoms with van der Waals surface area (Å²) in [5.41, 5.74) is 3.93. The molecular weight excluding hydrogens is 460 g/mol. The topological polar surface area (TPSA) is 91.2 Å². The summed E-state index contributed by atoms with van der Waals surface area (Å²) in [5.74, 6) is -0.720. The SMILES string of the molecule is Cc1ccc(C)c(-n2c(SCC(=O)N3CCC(C(=O)[O-])CC3)nnc2-c2cccc(Cl)c2)c1. The fourth-order valence-electron chi connectivity index (χ4n) is 3.94. The first kappa shape index (κ1) is 23.3. The minimum Gasteiger partial charge on any atom is -0.550 e. The predicted molar refractivity (Wildman–Crippen MR) is 126 cm³/mol. The Balaban J connectivity index is 1.60. The molecule has 2 aromatic carbocycles. The molecule has 1 aliphatic heterocycles. The minimum atomic E-state index is -1.04. The maximum absolute atomic E-state index is 12.8. The second-order valence-electron chi connectivity index (χ2n) is 8.20. The van der Waals surface area contributed by atoms with Gasteiger partial charge in [0.25, 0.3) is 0 Å². The van der Waals surface area contributed by atoms with Gasteiger partial charge in [0, 0.05) is 35.6 Å². The molecule has 1 aromatic heterocycles. The Bertz CT molecular complexity index is 1190. The molecule has 0 N–H and O–H groups in total. The molecule has 4 rings (SSSR count). The molecule has 1 amide bonds. The van der Waals surface area contributed by atoms with E-state index in [1.807, 2.05) is 48.7 Å². The number of benzene rings is 2. The van der Waals surface area contributed by atoms with Crippen LogP contribution in [0.3, 0.4) is 0 Å². The van der Waals surface area contributed by atoms with Crippen molar-refractivity contribution in [3.63, 3.8) is 0 Å². The van der Waals surface area contributed by atoms with E-state index in [4.69, 9.17) is 11.6 Å². The zero-order chi connectivity index (χ0) is 23.5. The molecule has 2 heterocycles. The van der Waals surface area contributed by atoms with Crippen LogP contribution < -0.4 is 5.11 Å². The fourth-order valence-corrected chi connectivity index (χ4v) is 4.98. The van der Waals surface area contributed by atoms with Gasteiger partial charge < -0.3 is 14.8 Å². The van der Waals surface area contributed by atoms with Crippen molar-refractivity contribution in [2.24, 2.45) is 5.92 Å². The van der Waals surface area contributed by atoms with Crippen LogP contribution in [-0.4, -0.2) is 50.4 Å². The third kappa shape index (κ3) is 5.23. The van der Waals surface area contributed by atoms with Crippen molar-refractivity contribution in [3.05, 3.63) is 58.6 Å². The number of halogens is 1. The van der Waals surface area contributed by atoms with Crippen LogP contribution in [0.2, 0.25) is 5.02 Å². The van der Waals surface area contributed by atoms with Gasteiger partial charge in [0.1, 0.15) is 0 Å². The van der Waals surface area contributed by atoms with Crippen LogP contribution in [-0.2, 0) is 9.59 Å². The predicted octanol–water partition coefficient (Wildman–Crippen LogP) is 3.29. The normalized spacial score (nSPS) is 14.5. The van der Waals surface area contributed by atoms with Gasteiger partial charge in [0.2, 0.25) is 5.91 Å². The molecule has 0 spiro atoms. The van der Waals surface area contributed by atoms with E-state index in [0.717, 1.165) is 22.4 Å². The number of carbonyl (C=O) groups excluding carboxylic acids is 2. The van der Waals surface area contributed by atoms with E-state index in [1.165, 1.54) is 11.8 Å². The quantitative estimate of drug-likeness (QED) is 0.500. The molecule has 33 heavy (non-hydrogen) atoms. The van der Waals surface area contributed by atoms with Gasteiger partial charge in [-0.15, -0.1) is 10.2 Å². The van der Waals surface area contributed by atoms with Gasteiger partial charge in [-0.25, -0.2) is 0 Å². The van der Waals surface area contributed by atoms with Gasteiger partial charge in [-0.05, 0) is 56.0 Å². The van der Waals surface area contributed by atoms with Gasteiger partial charge in [-0.1, -0.05) is 47.6 Å². The van der Waals surface area contributed by atoms with E-state index < -0.39 is 11.9 Å². The molecule has 0 radical (unpaired) electrons. The number of hydrogen-bond acceptors (Lipinski definition) is 6. The summed E-state index contributed by atoms with van der Waals surface area (Å²) in [7, 11) is 0. The van der Waals surface area contributed by atoms with Crippen LogP contribution in [0.4, 0.5) is 0 Å². The molecule has 7 nitrogen and oxygen atoms in total. The molecule has 3 aromatic rings. The highest BCUT2D eigenvalue weighted by Crippen LogP contribution is 2.31. The minimum absolute atomic E-state index is 0.0448. The number of aromatic nitrogens is 3. The van der Waals surface area contributed by atoms with Crippen molar-refractivity contribution < 1.29 is 14.7 Å². The molecule has 0 atom stereocenters. The summed E-state index contributed by atoms with van der Waals surface area (Å²) in [4.78, 5) is 25.6. The van der Waals surface area contributed by atoms with E-state index >= 15 is 0 Å². The van der Waals surface area contributed by atoms with E-state index in [-0.39, 0.29) is 11.7 Å². The molecule has 1 saturated heterocycles. The molecule has 0 aliphatic carbocycles. The number of aryl methyl sites for hydroxylation is 2. The van der Waals surface area contributed by atoms with E-state index in [2.05, 4.69) is 22.3 Å². The first-order chi connectivity index (χ1) is 15.8. The number of nitrogens with zero attached hydrogens (tertiary/aromatic N) is 4. The van der Waals surface area contributed by atoms with Crippen molar-refractivity contribution in [2.45, 2.75) is 31.8 Å². The number of piperidine rings is 1. The first-order valence-corrected chi connectivity index (χ1v) is 12.1. The highest BCUT2D eigenvalue weighted by atomic mass is 35.5. The van der Waals surface area contributed by atoms with E-state index in [1.54, 1.807) is 4.90 Å². The number of hydrogen-bond donors (Lipinski definition) is 0. The Labute approximate surface area is 201 Å². The molecule has 1 fully saturated rings. The van der Waals surface area contributed by atoms with E-state index in [9.17, 15) is 14.7 Å². The van der Waals surface area contributed by atoms with Crippen LogP contribution >= 0.6 is 23.4 Å². The van der Waals surface area contributed by atoms with Gasteiger partial charge in [-0.2, -0.15) is 0 Å². The van der Waals surface area contributed by atoms with Crippen molar-refractivity contribution in [1.29, 1.82) is 0 Å². The van der Waals surface area contributed by atoms with Crippen molar-refractivity contribution in [3.8, 4) is 17.1 Å². The summed E-state index contributed by atoms with van der Waals surface area (Å²) in [5, 5.41) is 21.1. The number of carbonyl (C=O) groups is 2.